The average molecular weight is 415 g/mol. The van der Waals surface area contributed by atoms with E-state index in [9.17, 15) is 0 Å². The molecule has 0 bridgehead atoms. The zero-order chi connectivity index (χ0) is 20.5. The topological polar surface area (TPSA) is 43.6 Å². The van der Waals surface area contributed by atoms with Crippen LogP contribution in [-0.4, -0.2) is 19.5 Å². The Balaban J connectivity index is 1.62. The van der Waals surface area contributed by atoms with Gasteiger partial charge in [0.05, 0.1) is 5.69 Å². The van der Waals surface area contributed by atoms with Gasteiger partial charge in [0.15, 0.2) is 10.8 Å². The fourth-order valence-electron chi connectivity index (χ4n) is 5.53. The summed E-state index contributed by atoms with van der Waals surface area (Å²) >= 11 is 6.27. The molecule has 0 radical (unpaired) electrons. The molecular formula is C25H23ClN4. The van der Waals surface area contributed by atoms with Crippen molar-refractivity contribution in [3.8, 4) is 5.69 Å². The maximum Gasteiger partial charge on any atom is 0.169 e. The van der Waals surface area contributed by atoms with Crippen LogP contribution in [0.1, 0.15) is 50.2 Å². The van der Waals surface area contributed by atoms with E-state index < -0.39 is 0 Å². The molecule has 2 aromatic carbocycles. The Hall–Kier alpha value is -2.72. The smallest absolute Gasteiger partial charge is 0.169 e. The van der Waals surface area contributed by atoms with Crippen LogP contribution in [0.4, 0.5) is 0 Å². The molecule has 4 nitrogen and oxygen atoms in total. The number of hydrogen-bond acceptors (Lipinski definition) is 3. The summed E-state index contributed by atoms with van der Waals surface area (Å²) in [6, 6.07) is 11.0. The van der Waals surface area contributed by atoms with Gasteiger partial charge in [-0.25, -0.2) is 15.0 Å². The molecule has 0 saturated heterocycles. The van der Waals surface area contributed by atoms with Crippen molar-refractivity contribution in [1.82, 2.24) is 19.5 Å². The van der Waals surface area contributed by atoms with Crippen molar-refractivity contribution in [2.75, 3.05) is 0 Å². The van der Waals surface area contributed by atoms with Crippen LogP contribution in [0.3, 0.4) is 0 Å². The SMILES string of the molecule is CC1(C)CCC2c3cc(-n4cnc5c(Cl)ncnc54)c4ccccc4c3C=CC2C1. The first-order valence-electron chi connectivity index (χ1n) is 10.6. The number of hydrogen-bond donors (Lipinski definition) is 0. The summed E-state index contributed by atoms with van der Waals surface area (Å²) < 4.78 is 2.06. The highest BCUT2D eigenvalue weighted by Gasteiger charge is 2.37. The molecule has 2 aliphatic rings. The van der Waals surface area contributed by atoms with Crippen molar-refractivity contribution in [3.05, 3.63) is 65.3 Å². The van der Waals surface area contributed by atoms with Gasteiger partial charge in [-0.3, -0.25) is 4.57 Å². The second-order valence-electron chi connectivity index (χ2n) is 9.43. The van der Waals surface area contributed by atoms with E-state index in [2.05, 4.69) is 75.9 Å². The van der Waals surface area contributed by atoms with E-state index in [4.69, 9.17) is 11.6 Å². The third-order valence-electron chi connectivity index (χ3n) is 6.99. The number of allylic oxidation sites excluding steroid dienone is 1. The zero-order valence-electron chi connectivity index (χ0n) is 17.1. The van der Waals surface area contributed by atoms with Gasteiger partial charge in [-0.15, -0.1) is 0 Å². The lowest BCUT2D eigenvalue weighted by atomic mass is 9.63. The molecule has 1 fully saturated rings. The van der Waals surface area contributed by atoms with Gasteiger partial charge in [0, 0.05) is 5.39 Å². The molecule has 2 unspecified atom stereocenters. The minimum atomic E-state index is 0.388. The second-order valence-corrected chi connectivity index (χ2v) is 9.79. The minimum Gasteiger partial charge on any atom is -0.283 e. The summed E-state index contributed by atoms with van der Waals surface area (Å²) in [5.74, 6) is 1.17. The highest BCUT2D eigenvalue weighted by Crippen LogP contribution is 2.51. The van der Waals surface area contributed by atoms with E-state index in [0.29, 0.717) is 27.9 Å². The molecule has 5 heteroatoms. The molecule has 150 valence electrons. The van der Waals surface area contributed by atoms with Crippen molar-refractivity contribution in [1.29, 1.82) is 0 Å². The van der Waals surface area contributed by atoms with E-state index in [1.807, 2.05) is 6.33 Å². The quantitative estimate of drug-likeness (QED) is 0.331. The highest BCUT2D eigenvalue weighted by atomic mass is 35.5. The monoisotopic (exact) mass is 414 g/mol. The van der Waals surface area contributed by atoms with Gasteiger partial charge in [0.1, 0.15) is 18.2 Å². The zero-order valence-corrected chi connectivity index (χ0v) is 17.9. The molecule has 1 saturated carbocycles. The second kappa shape index (κ2) is 6.39. The molecule has 4 aromatic rings. The Morgan fingerprint density at radius 2 is 1.93 bits per heavy atom. The van der Waals surface area contributed by atoms with E-state index in [1.54, 1.807) is 0 Å². The highest BCUT2D eigenvalue weighted by molar-refractivity contribution is 6.33. The molecule has 0 amide bonds. The Morgan fingerprint density at radius 1 is 1.10 bits per heavy atom. The molecule has 0 N–H and O–H groups in total. The van der Waals surface area contributed by atoms with Gasteiger partial charge in [-0.05, 0) is 59.1 Å². The van der Waals surface area contributed by atoms with Gasteiger partial charge in [0.25, 0.3) is 0 Å². The summed E-state index contributed by atoms with van der Waals surface area (Å²) in [5.41, 5.74) is 5.73. The van der Waals surface area contributed by atoms with Gasteiger partial charge in [-0.2, -0.15) is 0 Å². The van der Waals surface area contributed by atoms with Crippen molar-refractivity contribution in [3.63, 3.8) is 0 Å². The van der Waals surface area contributed by atoms with Gasteiger partial charge in [-0.1, -0.05) is 61.9 Å². The molecule has 0 aliphatic heterocycles. The number of rotatable bonds is 1. The molecule has 30 heavy (non-hydrogen) atoms. The standard InChI is InChI=1S/C25H23ClN4/c1-25(2)10-9-16-15(12-25)7-8-18-17-5-3-4-6-19(17)21(11-20(16)18)30-14-29-22-23(26)27-13-28-24(22)30/h3-8,11,13-16H,9-10,12H2,1-2H3. The molecule has 0 spiro atoms. The first kappa shape index (κ1) is 18.1. The van der Waals surface area contributed by atoms with Crippen LogP contribution < -0.4 is 0 Å². The van der Waals surface area contributed by atoms with E-state index in [0.717, 1.165) is 11.3 Å². The normalized spacial score (nSPS) is 22.2. The van der Waals surface area contributed by atoms with E-state index in [1.165, 1.54) is 47.5 Å². The first-order chi connectivity index (χ1) is 14.5. The lowest BCUT2D eigenvalue weighted by Gasteiger charge is -2.42. The van der Waals surface area contributed by atoms with Gasteiger partial charge in [0.2, 0.25) is 0 Å². The Morgan fingerprint density at radius 3 is 2.80 bits per heavy atom. The molecular weight excluding hydrogens is 392 g/mol. The van der Waals surface area contributed by atoms with Crippen LogP contribution in [0.5, 0.6) is 0 Å². The first-order valence-corrected chi connectivity index (χ1v) is 11.0. The number of fused-ring (bicyclic) bond motifs is 6. The fraction of sp³-hybridized carbons (Fsp3) is 0.320. The number of imidazole rings is 1. The van der Waals surface area contributed by atoms with Crippen LogP contribution in [-0.2, 0) is 0 Å². The molecule has 2 aromatic heterocycles. The van der Waals surface area contributed by atoms with Crippen molar-refractivity contribution in [2.45, 2.75) is 39.0 Å². The summed E-state index contributed by atoms with van der Waals surface area (Å²) in [6.07, 6.45) is 11.9. The van der Waals surface area contributed by atoms with E-state index >= 15 is 0 Å². The third kappa shape index (κ3) is 2.63. The van der Waals surface area contributed by atoms with Crippen molar-refractivity contribution in [2.24, 2.45) is 11.3 Å². The summed E-state index contributed by atoms with van der Waals surface area (Å²) in [5, 5.41) is 2.87. The summed E-state index contributed by atoms with van der Waals surface area (Å²) in [6.45, 7) is 4.80. The van der Waals surface area contributed by atoms with Crippen LogP contribution in [0, 0.1) is 11.3 Å². The maximum absolute atomic E-state index is 6.27. The lowest BCUT2D eigenvalue weighted by molar-refractivity contribution is 0.182. The van der Waals surface area contributed by atoms with Gasteiger partial charge >= 0.3 is 0 Å². The Bertz CT molecular complexity index is 1330. The number of nitrogens with zero attached hydrogens (tertiary/aromatic N) is 4. The Kier molecular flexibility index (Phi) is 3.85. The molecule has 2 atom stereocenters. The minimum absolute atomic E-state index is 0.388. The lowest BCUT2D eigenvalue weighted by Crippen LogP contribution is -2.29. The van der Waals surface area contributed by atoms with Crippen molar-refractivity contribution >= 4 is 39.6 Å². The predicted octanol–water partition coefficient (Wildman–Crippen LogP) is 6.56. The molecule has 2 heterocycles. The third-order valence-corrected chi connectivity index (χ3v) is 7.27. The van der Waals surface area contributed by atoms with Crippen LogP contribution in [0.25, 0.3) is 33.7 Å². The summed E-state index contributed by atoms with van der Waals surface area (Å²) in [7, 11) is 0. The van der Waals surface area contributed by atoms with Gasteiger partial charge < -0.3 is 0 Å². The van der Waals surface area contributed by atoms with Crippen LogP contribution in [0.15, 0.2) is 49.1 Å². The van der Waals surface area contributed by atoms with Crippen LogP contribution >= 0.6 is 11.6 Å². The predicted molar refractivity (Wildman–Crippen MR) is 122 cm³/mol. The number of benzene rings is 2. The largest absolute Gasteiger partial charge is 0.283 e. The number of aromatic nitrogens is 4. The van der Waals surface area contributed by atoms with Crippen LogP contribution in [0.2, 0.25) is 5.15 Å². The fourth-order valence-corrected chi connectivity index (χ4v) is 5.70. The summed E-state index contributed by atoms with van der Waals surface area (Å²) in [4.78, 5) is 13.1. The van der Waals surface area contributed by atoms with Crippen molar-refractivity contribution < 1.29 is 0 Å². The average Bonchev–Trinajstić information content (AvgIpc) is 3.17. The molecule has 2 aliphatic carbocycles. The molecule has 6 rings (SSSR count). The maximum atomic E-state index is 6.27. The number of halogens is 1. The Labute approximate surface area is 180 Å². The van der Waals surface area contributed by atoms with E-state index in [-0.39, 0.29) is 0 Å².